The van der Waals surface area contributed by atoms with Crippen LogP contribution in [0.5, 0.6) is 0 Å². The van der Waals surface area contributed by atoms with Gasteiger partial charge in [0.2, 0.25) is 5.91 Å². The van der Waals surface area contributed by atoms with E-state index >= 15 is 0 Å². The van der Waals surface area contributed by atoms with Crippen LogP contribution in [0.1, 0.15) is 18.5 Å². The van der Waals surface area contributed by atoms with Gasteiger partial charge in [0.1, 0.15) is 0 Å². The molecule has 0 fully saturated rings. The van der Waals surface area contributed by atoms with Crippen molar-refractivity contribution in [3.8, 4) is 0 Å². The van der Waals surface area contributed by atoms with Gasteiger partial charge >= 0.3 is 5.69 Å². The maximum Gasteiger partial charge on any atom is 0.343 e. The van der Waals surface area contributed by atoms with Crippen LogP contribution in [-0.2, 0) is 11.8 Å². The van der Waals surface area contributed by atoms with Gasteiger partial charge in [-0.3, -0.25) is 9.36 Å². The van der Waals surface area contributed by atoms with E-state index in [-0.39, 0.29) is 23.4 Å². The van der Waals surface area contributed by atoms with Crippen molar-refractivity contribution in [2.45, 2.75) is 18.1 Å². The third-order valence-corrected chi connectivity index (χ3v) is 3.88. The number of nitrogens with one attached hydrogen (secondary N) is 2. The molecule has 7 heteroatoms. The number of carbonyl (C=O) groups excluding carboxylic acids is 1. The molecule has 20 heavy (non-hydrogen) atoms. The number of aromatic nitrogens is 3. The zero-order valence-corrected chi connectivity index (χ0v) is 12.1. The maximum atomic E-state index is 11.9. The highest BCUT2D eigenvalue weighted by Gasteiger charge is 2.11. The molecular formula is C13H16N4O2S. The quantitative estimate of drug-likeness (QED) is 0.808. The summed E-state index contributed by atoms with van der Waals surface area (Å²) >= 11 is 1.22. The number of aromatic amines is 1. The molecule has 0 bridgehead atoms. The molecule has 2 aromatic rings. The molecule has 0 aliphatic rings. The molecule has 1 atom stereocenters. The summed E-state index contributed by atoms with van der Waals surface area (Å²) in [4.78, 5) is 23.0. The van der Waals surface area contributed by atoms with Crippen molar-refractivity contribution in [3.63, 3.8) is 0 Å². The fourth-order valence-corrected chi connectivity index (χ4v) is 2.43. The molecule has 6 nitrogen and oxygen atoms in total. The number of hydrogen-bond acceptors (Lipinski definition) is 4. The molecule has 2 N–H and O–H groups in total. The molecule has 0 radical (unpaired) electrons. The average molecular weight is 292 g/mol. The number of nitrogens with zero attached hydrogens (tertiary/aromatic N) is 2. The lowest BCUT2D eigenvalue weighted by Crippen LogP contribution is -2.28. The third-order valence-electron chi connectivity index (χ3n) is 2.85. The van der Waals surface area contributed by atoms with Crippen LogP contribution < -0.4 is 11.0 Å². The highest BCUT2D eigenvalue weighted by atomic mass is 32.2. The van der Waals surface area contributed by atoms with Gasteiger partial charge in [-0.15, -0.1) is 5.10 Å². The first-order chi connectivity index (χ1) is 9.58. The van der Waals surface area contributed by atoms with Gasteiger partial charge in [-0.1, -0.05) is 42.1 Å². The van der Waals surface area contributed by atoms with Gasteiger partial charge in [0.15, 0.2) is 5.16 Å². The molecule has 1 heterocycles. The van der Waals surface area contributed by atoms with E-state index in [2.05, 4.69) is 15.5 Å². The summed E-state index contributed by atoms with van der Waals surface area (Å²) in [6.07, 6.45) is 0. The minimum Gasteiger partial charge on any atom is -0.349 e. The molecule has 1 aromatic carbocycles. The summed E-state index contributed by atoms with van der Waals surface area (Å²) in [5.41, 5.74) is 0.767. The molecule has 106 valence electrons. The fraction of sp³-hybridized carbons (Fsp3) is 0.308. The van der Waals surface area contributed by atoms with Crippen molar-refractivity contribution >= 4 is 17.7 Å². The summed E-state index contributed by atoms with van der Waals surface area (Å²) in [6.45, 7) is 1.93. The number of amides is 1. The lowest BCUT2D eigenvalue weighted by molar-refractivity contribution is -0.119. The van der Waals surface area contributed by atoms with E-state index in [0.717, 1.165) is 5.56 Å². The number of carbonyl (C=O) groups is 1. The van der Waals surface area contributed by atoms with Gasteiger partial charge in [-0.05, 0) is 12.5 Å². The molecule has 0 aliphatic carbocycles. The second-order valence-electron chi connectivity index (χ2n) is 4.36. The number of hydrogen-bond donors (Lipinski definition) is 2. The lowest BCUT2D eigenvalue weighted by Gasteiger charge is -2.13. The van der Waals surface area contributed by atoms with Gasteiger partial charge < -0.3 is 5.32 Å². The largest absolute Gasteiger partial charge is 0.349 e. The normalized spacial score (nSPS) is 12.1. The lowest BCUT2D eigenvalue weighted by atomic mass is 10.1. The molecule has 0 aliphatic heterocycles. The van der Waals surface area contributed by atoms with Crippen molar-refractivity contribution in [2.24, 2.45) is 7.05 Å². The molecule has 0 spiro atoms. The van der Waals surface area contributed by atoms with E-state index in [0.29, 0.717) is 5.16 Å². The first-order valence-corrected chi connectivity index (χ1v) is 7.15. The van der Waals surface area contributed by atoms with Gasteiger partial charge in [0.25, 0.3) is 0 Å². The van der Waals surface area contributed by atoms with Crippen molar-refractivity contribution in [2.75, 3.05) is 5.75 Å². The Hall–Kier alpha value is -2.02. The Morgan fingerprint density at radius 1 is 1.45 bits per heavy atom. The Bertz CT molecular complexity index is 635. The van der Waals surface area contributed by atoms with Gasteiger partial charge in [-0.25, -0.2) is 9.89 Å². The molecular weight excluding hydrogens is 276 g/mol. The number of rotatable bonds is 5. The minimum absolute atomic E-state index is 0.0488. The Balaban J connectivity index is 1.87. The molecule has 0 saturated carbocycles. The highest BCUT2D eigenvalue weighted by Crippen LogP contribution is 2.14. The SMILES string of the molecule is CC(NC(=O)CSc1n[nH]c(=O)n1C)c1ccccc1. The Morgan fingerprint density at radius 3 is 2.75 bits per heavy atom. The van der Waals surface area contributed by atoms with E-state index in [4.69, 9.17) is 0 Å². The van der Waals surface area contributed by atoms with E-state index < -0.39 is 0 Å². The van der Waals surface area contributed by atoms with Crippen LogP contribution >= 0.6 is 11.8 Å². The molecule has 0 saturated heterocycles. The predicted octanol–water partition coefficient (Wildman–Crippen LogP) is 1.08. The van der Waals surface area contributed by atoms with Crippen LogP contribution in [0.4, 0.5) is 0 Å². The number of H-pyrrole nitrogens is 1. The van der Waals surface area contributed by atoms with Crippen LogP contribution in [0.3, 0.4) is 0 Å². The van der Waals surface area contributed by atoms with E-state index in [9.17, 15) is 9.59 Å². The van der Waals surface area contributed by atoms with E-state index in [1.165, 1.54) is 16.3 Å². The second kappa shape index (κ2) is 6.42. The van der Waals surface area contributed by atoms with Gasteiger partial charge in [0, 0.05) is 7.05 Å². The Labute approximate surface area is 120 Å². The van der Waals surface area contributed by atoms with Crippen LogP contribution in [0.25, 0.3) is 0 Å². The van der Waals surface area contributed by atoms with Crippen LogP contribution in [-0.4, -0.2) is 26.4 Å². The van der Waals surface area contributed by atoms with Crippen molar-refractivity contribution in [1.82, 2.24) is 20.1 Å². The number of thioether (sulfide) groups is 1. The number of benzene rings is 1. The first kappa shape index (κ1) is 14.4. The third kappa shape index (κ3) is 3.51. The Morgan fingerprint density at radius 2 is 2.15 bits per heavy atom. The van der Waals surface area contributed by atoms with Gasteiger partial charge in [0.05, 0.1) is 11.8 Å². The Kier molecular flexibility index (Phi) is 4.62. The topological polar surface area (TPSA) is 79.8 Å². The van der Waals surface area contributed by atoms with Crippen molar-refractivity contribution in [1.29, 1.82) is 0 Å². The monoisotopic (exact) mass is 292 g/mol. The smallest absolute Gasteiger partial charge is 0.343 e. The molecule has 1 amide bonds. The van der Waals surface area contributed by atoms with Crippen molar-refractivity contribution < 1.29 is 4.79 Å². The van der Waals surface area contributed by atoms with Crippen LogP contribution in [0.15, 0.2) is 40.3 Å². The van der Waals surface area contributed by atoms with Crippen molar-refractivity contribution in [3.05, 3.63) is 46.4 Å². The highest BCUT2D eigenvalue weighted by molar-refractivity contribution is 7.99. The fourth-order valence-electron chi connectivity index (χ4n) is 1.70. The summed E-state index contributed by atoms with van der Waals surface area (Å²) < 4.78 is 1.37. The zero-order chi connectivity index (χ0) is 14.5. The van der Waals surface area contributed by atoms with Crippen LogP contribution in [0.2, 0.25) is 0 Å². The molecule has 2 rings (SSSR count). The first-order valence-electron chi connectivity index (χ1n) is 6.16. The standard InChI is InChI=1S/C13H16N4O2S/c1-9(10-6-4-3-5-7-10)14-11(18)8-20-13-16-15-12(19)17(13)2/h3-7,9H,8H2,1-2H3,(H,14,18)(H,15,19). The summed E-state index contributed by atoms with van der Waals surface area (Å²) in [6, 6.07) is 9.70. The minimum atomic E-state index is -0.287. The van der Waals surface area contributed by atoms with E-state index in [1.807, 2.05) is 37.3 Å². The van der Waals surface area contributed by atoms with Crippen LogP contribution in [0, 0.1) is 0 Å². The predicted molar refractivity (Wildman–Crippen MR) is 77.6 cm³/mol. The van der Waals surface area contributed by atoms with Gasteiger partial charge in [-0.2, -0.15) is 0 Å². The maximum absolute atomic E-state index is 11.9. The molecule has 1 unspecified atom stereocenters. The summed E-state index contributed by atoms with van der Waals surface area (Å²) in [5.74, 6) is 0.122. The summed E-state index contributed by atoms with van der Waals surface area (Å²) in [5, 5.41) is 9.57. The molecule has 1 aromatic heterocycles. The van der Waals surface area contributed by atoms with E-state index in [1.54, 1.807) is 7.05 Å². The zero-order valence-electron chi connectivity index (χ0n) is 11.3. The summed E-state index contributed by atoms with van der Waals surface area (Å²) in [7, 11) is 1.61. The average Bonchev–Trinajstić information content (AvgIpc) is 2.77. The second-order valence-corrected chi connectivity index (χ2v) is 5.30.